The van der Waals surface area contributed by atoms with Crippen LogP contribution in [0.25, 0.3) is 0 Å². The van der Waals surface area contributed by atoms with E-state index < -0.39 is 6.04 Å². The maximum atomic E-state index is 11.7. The van der Waals surface area contributed by atoms with Gasteiger partial charge in [-0.25, -0.2) is 5.43 Å². The average molecular weight is 235 g/mol. The van der Waals surface area contributed by atoms with E-state index in [1.165, 1.54) is 0 Å². The molecule has 1 fully saturated rings. The summed E-state index contributed by atoms with van der Waals surface area (Å²) in [6.07, 6.45) is 0.155. The summed E-state index contributed by atoms with van der Waals surface area (Å²) < 4.78 is 5.01. The number of benzene rings is 1. The van der Waals surface area contributed by atoms with Crippen molar-refractivity contribution in [2.75, 3.05) is 12.4 Å². The van der Waals surface area contributed by atoms with Gasteiger partial charge in [0, 0.05) is 5.69 Å². The number of carbonyl (C=O) groups is 2. The Kier molecular flexibility index (Phi) is 3.24. The van der Waals surface area contributed by atoms with Gasteiger partial charge >= 0.3 is 0 Å². The maximum Gasteiger partial charge on any atom is 0.243 e. The summed E-state index contributed by atoms with van der Waals surface area (Å²) in [6.45, 7) is 0. The zero-order valence-corrected chi connectivity index (χ0v) is 9.32. The molecule has 2 amide bonds. The second kappa shape index (κ2) is 4.84. The van der Waals surface area contributed by atoms with Crippen molar-refractivity contribution >= 4 is 17.5 Å². The van der Waals surface area contributed by atoms with E-state index in [0.717, 1.165) is 5.75 Å². The molecule has 6 nitrogen and oxygen atoms in total. The molecule has 1 aromatic rings. The minimum Gasteiger partial charge on any atom is -0.497 e. The predicted octanol–water partition coefficient (Wildman–Crippen LogP) is 0.0268. The van der Waals surface area contributed by atoms with Crippen LogP contribution in [0.4, 0.5) is 5.69 Å². The lowest BCUT2D eigenvalue weighted by Gasteiger charge is -2.10. The fourth-order valence-electron chi connectivity index (χ4n) is 1.52. The van der Waals surface area contributed by atoms with E-state index >= 15 is 0 Å². The van der Waals surface area contributed by atoms with E-state index in [1.54, 1.807) is 31.4 Å². The Hall–Kier alpha value is -2.08. The molecule has 1 aromatic carbocycles. The van der Waals surface area contributed by atoms with Gasteiger partial charge in [-0.15, -0.1) is 0 Å². The minimum absolute atomic E-state index is 0.155. The first kappa shape index (κ1) is 11.4. The van der Waals surface area contributed by atoms with Gasteiger partial charge in [-0.2, -0.15) is 0 Å². The van der Waals surface area contributed by atoms with Gasteiger partial charge in [0.1, 0.15) is 11.8 Å². The van der Waals surface area contributed by atoms with Gasteiger partial charge in [0.2, 0.25) is 11.8 Å². The zero-order chi connectivity index (χ0) is 12.3. The Morgan fingerprint density at radius 1 is 1.41 bits per heavy atom. The van der Waals surface area contributed by atoms with Crippen LogP contribution in [0, 0.1) is 0 Å². The molecule has 1 atom stereocenters. The number of nitrogens with one attached hydrogen (secondary N) is 3. The SMILES string of the molecule is COc1ccc(NC(=O)C2CC(=O)NN2)cc1. The van der Waals surface area contributed by atoms with E-state index in [2.05, 4.69) is 16.2 Å². The number of hydrogen-bond acceptors (Lipinski definition) is 4. The molecule has 90 valence electrons. The van der Waals surface area contributed by atoms with Crippen LogP contribution in [0.5, 0.6) is 5.75 Å². The lowest BCUT2D eigenvalue weighted by atomic mass is 10.2. The van der Waals surface area contributed by atoms with Crippen LogP contribution in [0.2, 0.25) is 0 Å². The molecule has 0 aliphatic carbocycles. The van der Waals surface area contributed by atoms with Crippen molar-refractivity contribution in [2.45, 2.75) is 12.5 Å². The van der Waals surface area contributed by atoms with Crippen LogP contribution in [0.3, 0.4) is 0 Å². The Morgan fingerprint density at radius 2 is 2.12 bits per heavy atom. The number of carbonyl (C=O) groups excluding carboxylic acids is 2. The monoisotopic (exact) mass is 235 g/mol. The van der Waals surface area contributed by atoms with E-state index in [-0.39, 0.29) is 18.2 Å². The van der Waals surface area contributed by atoms with Gasteiger partial charge in [-0.1, -0.05) is 0 Å². The first-order valence-electron chi connectivity index (χ1n) is 5.18. The van der Waals surface area contributed by atoms with Crippen molar-refractivity contribution < 1.29 is 14.3 Å². The molecule has 0 radical (unpaired) electrons. The van der Waals surface area contributed by atoms with Crippen molar-refractivity contribution in [1.82, 2.24) is 10.9 Å². The molecular formula is C11H13N3O3. The minimum atomic E-state index is -0.524. The van der Waals surface area contributed by atoms with E-state index in [9.17, 15) is 9.59 Å². The van der Waals surface area contributed by atoms with Crippen molar-refractivity contribution in [3.63, 3.8) is 0 Å². The Balaban J connectivity index is 1.95. The fraction of sp³-hybridized carbons (Fsp3) is 0.273. The summed E-state index contributed by atoms with van der Waals surface area (Å²) >= 11 is 0. The summed E-state index contributed by atoms with van der Waals surface area (Å²) in [5, 5.41) is 2.71. The molecule has 17 heavy (non-hydrogen) atoms. The molecule has 0 aromatic heterocycles. The van der Waals surface area contributed by atoms with Gasteiger partial charge in [0.15, 0.2) is 0 Å². The van der Waals surface area contributed by atoms with Crippen LogP contribution >= 0.6 is 0 Å². The Bertz CT molecular complexity index is 430. The highest BCUT2D eigenvalue weighted by Crippen LogP contribution is 2.15. The lowest BCUT2D eigenvalue weighted by Crippen LogP contribution is -2.39. The van der Waals surface area contributed by atoms with E-state index in [0.29, 0.717) is 5.69 Å². The maximum absolute atomic E-state index is 11.7. The summed E-state index contributed by atoms with van der Waals surface area (Å²) in [5.74, 6) is 0.298. The van der Waals surface area contributed by atoms with Crippen LogP contribution in [-0.4, -0.2) is 25.0 Å². The van der Waals surface area contributed by atoms with Crippen LogP contribution < -0.4 is 20.9 Å². The van der Waals surface area contributed by atoms with Crippen LogP contribution in [0.1, 0.15) is 6.42 Å². The largest absolute Gasteiger partial charge is 0.497 e. The summed E-state index contributed by atoms with van der Waals surface area (Å²) in [4.78, 5) is 22.6. The number of amides is 2. The summed E-state index contributed by atoms with van der Waals surface area (Å²) in [5.41, 5.74) is 5.66. The standard InChI is InChI=1S/C11H13N3O3/c1-17-8-4-2-7(3-5-8)12-11(16)9-6-10(15)14-13-9/h2-5,9,13H,6H2,1H3,(H,12,16)(H,14,15). The molecule has 2 rings (SSSR count). The van der Waals surface area contributed by atoms with E-state index in [4.69, 9.17) is 4.74 Å². The zero-order valence-electron chi connectivity index (χ0n) is 9.32. The second-order valence-corrected chi connectivity index (χ2v) is 3.67. The topological polar surface area (TPSA) is 79.5 Å². The third-order valence-electron chi connectivity index (χ3n) is 2.45. The Labute approximate surface area is 98.3 Å². The number of hydrogen-bond donors (Lipinski definition) is 3. The molecule has 6 heteroatoms. The second-order valence-electron chi connectivity index (χ2n) is 3.67. The normalized spacial score (nSPS) is 18.6. The smallest absolute Gasteiger partial charge is 0.243 e. The van der Waals surface area contributed by atoms with Gasteiger partial charge in [0.25, 0.3) is 0 Å². The van der Waals surface area contributed by atoms with E-state index in [1.807, 2.05) is 0 Å². The molecule has 1 saturated heterocycles. The lowest BCUT2D eigenvalue weighted by molar-refractivity contribution is -0.121. The van der Waals surface area contributed by atoms with Crippen molar-refractivity contribution in [3.05, 3.63) is 24.3 Å². The van der Waals surface area contributed by atoms with Gasteiger partial charge in [0.05, 0.1) is 13.5 Å². The molecule has 1 unspecified atom stereocenters. The highest BCUT2D eigenvalue weighted by Gasteiger charge is 2.27. The van der Waals surface area contributed by atoms with Crippen molar-refractivity contribution in [3.8, 4) is 5.75 Å². The quantitative estimate of drug-likeness (QED) is 0.690. The first-order valence-corrected chi connectivity index (χ1v) is 5.18. The average Bonchev–Trinajstić information content (AvgIpc) is 2.77. The molecule has 0 bridgehead atoms. The van der Waals surface area contributed by atoms with Gasteiger partial charge in [-0.05, 0) is 24.3 Å². The van der Waals surface area contributed by atoms with Gasteiger partial charge in [-0.3, -0.25) is 15.0 Å². The van der Waals surface area contributed by atoms with Crippen LogP contribution in [0.15, 0.2) is 24.3 Å². The molecule has 0 spiro atoms. The predicted molar refractivity (Wildman–Crippen MR) is 61.3 cm³/mol. The third-order valence-corrected chi connectivity index (χ3v) is 2.45. The highest BCUT2D eigenvalue weighted by atomic mass is 16.5. The fourth-order valence-corrected chi connectivity index (χ4v) is 1.52. The van der Waals surface area contributed by atoms with Gasteiger partial charge < -0.3 is 10.1 Å². The molecule has 1 aliphatic heterocycles. The first-order chi connectivity index (χ1) is 8.19. The number of anilines is 1. The van der Waals surface area contributed by atoms with Crippen molar-refractivity contribution in [2.24, 2.45) is 0 Å². The molecular weight excluding hydrogens is 222 g/mol. The number of ether oxygens (including phenoxy) is 1. The summed E-state index contributed by atoms with van der Waals surface area (Å²) in [6, 6.07) is 6.45. The molecule has 1 heterocycles. The molecule has 0 saturated carbocycles. The van der Waals surface area contributed by atoms with Crippen molar-refractivity contribution in [1.29, 1.82) is 0 Å². The number of rotatable bonds is 3. The summed E-state index contributed by atoms with van der Waals surface area (Å²) in [7, 11) is 1.58. The molecule has 3 N–H and O–H groups in total. The van der Waals surface area contributed by atoms with Crippen LogP contribution in [-0.2, 0) is 9.59 Å². The highest BCUT2D eigenvalue weighted by molar-refractivity contribution is 5.99. The Morgan fingerprint density at radius 3 is 2.65 bits per heavy atom. The number of methoxy groups -OCH3 is 1. The number of hydrazine groups is 1. The molecule has 1 aliphatic rings. The third kappa shape index (κ3) is 2.73.